The van der Waals surface area contributed by atoms with Crippen LogP contribution < -0.4 is 10.4 Å². The summed E-state index contributed by atoms with van der Waals surface area (Å²) in [4.78, 5) is 13.9. The maximum Gasteiger partial charge on any atom is 0.495 e. The van der Waals surface area contributed by atoms with Gasteiger partial charge in [0, 0.05) is 24.0 Å². The van der Waals surface area contributed by atoms with Crippen molar-refractivity contribution in [2.24, 2.45) is 0 Å². The van der Waals surface area contributed by atoms with Gasteiger partial charge in [0.15, 0.2) is 0 Å². The van der Waals surface area contributed by atoms with Gasteiger partial charge in [-0.3, -0.25) is 4.79 Å². The quantitative estimate of drug-likeness (QED) is 0.569. The summed E-state index contributed by atoms with van der Waals surface area (Å²) < 4.78 is 12.3. The summed E-state index contributed by atoms with van der Waals surface area (Å²) >= 11 is 0. The van der Waals surface area contributed by atoms with E-state index in [9.17, 15) is 4.79 Å². The van der Waals surface area contributed by atoms with Crippen molar-refractivity contribution in [3.8, 4) is 0 Å². The summed E-state index contributed by atoms with van der Waals surface area (Å²) in [5.74, 6) is 0. The number of hydrogen-bond acceptors (Lipinski definition) is 4. The van der Waals surface area contributed by atoms with Gasteiger partial charge < -0.3 is 14.2 Å². The standard InChI is InChI=1S/C23H30BNO3/c1-8-17-9-12-21(16(2)13-17)25(7)19-10-11-20(18(14-19)15-26)24-27-22(3,4)23(5,6)28-24/h9-15H,8H2,1-7H3. The predicted molar refractivity (Wildman–Crippen MR) is 116 cm³/mol. The van der Waals surface area contributed by atoms with Crippen LogP contribution in [0.2, 0.25) is 0 Å². The van der Waals surface area contributed by atoms with Gasteiger partial charge >= 0.3 is 7.12 Å². The van der Waals surface area contributed by atoms with E-state index in [1.54, 1.807) is 0 Å². The molecule has 0 aliphatic carbocycles. The van der Waals surface area contributed by atoms with Gasteiger partial charge in [-0.2, -0.15) is 0 Å². The first-order chi connectivity index (χ1) is 13.1. The maximum absolute atomic E-state index is 11.8. The van der Waals surface area contributed by atoms with E-state index in [0.29, 0.717) is 5.56 Å². The monoisotopic (exact) mass is 379 g/mol. The topological polar surface area (TPSA) is 38.8 Å². The number of carbonyl (C=O) groups excluding carboxylic acids is 1. The molecule has 148 valence electrons. The second kappa shape index (κ2) is 7.38. The summed E-state index contributed by atoms with van der Waals surface area (Å²) in [5.41, 5.74) is 5.09. The van der Waals surface area contributed by atoms with Crippen molar-refractivity contribution in [2.75, 3.05) is 11.9 Å². The molecule has 0 unspecified atom stereocenters. The van der Waals surface area contributed by atoms with Crippen molar-refractivity contribution in [3.05, 3.63) is 53.1 Å². The van der Waals surface area contributed by atoms with E-state index in [2.05, 4.69) is 36.9 Å². The van der Waals surface area contributed by atoms with E-state index >= 15 is 0 Å². The minimum Gasteiger partial charge on any atom is -0.399 e. The highest BCUT2D eigenvalue weighted by atomic mass is 16.7. The third kappa shape index (κ3) is 3.61. The Morgan fingerprint density at radius 3 is 2.21 bits per heavy atom. The number of carbonyl (C=O) groups is 1. The minimum absolute atomic E-state index is 0.439. The zero-order valence-corrected chi connectivity index (χ0v) is 18.0. The van der Waals surface area contributed by atoms with E-state index in [1.165, 1.54) is 11.1 Å². The zero-order chi connectivity index (χ0) is 20.7. The Bertz CT molecular complexity index is 875. The second-order valence-electron chi connectivity index (χ2n) is 8.55. The lowest BCUT2D eigenvalue weighted by molar-refractivity contribution is 0.00578. The molecule has 1 saturated heterocycles. The number of benzene rings is 2. The average Bonchev–Trinajstić information content (AvgIpc) is 2.87. The molecule has 3 rings (SSSR count). The molecule has 0 spiro atoms. The summed E-state index contributed by atoms with van der Waals surface area (Å²) in [5, 5.41) is 0. The molecule has 2 aromatic rings. The van der Waals surface area contributed by atoms with Crippen molar-refractivity contribution in [1.29, 1.82) is 0 Å². The van der Waals surface area contributed by atoms with Gasteiger partial charge in [-0.25, -0.2) is 0 Å². The number of aldehydes is 1. The molecule has 28 heavy (non-hydrogen) atoms. The van der Waals surface area contributed by atoms with Gasteiger partial charge in [-0.1, -0.05) is 25.1 Å². The Labute approximate surface area is 169 Å². The minimum atomic E-state index is -0.546. The van der Waals surface area contributed by atoms with E-state index in [0.717, 1.165) is 29.5 Å². The van der Waals surface area contributed by atoms with E-state index < -0.39 is 18.3 Å². The van der Waals surface area contributed by atoms with Crippen LogP contribution in [0.25, 0.3) is 0 Å². The summed E-state index contributed by atoms with van der Waals surface area (Å²) in [7, 11) is 1.47. The highest BCUT2D eigenvalue weighted by Crippen LogP contribution is 2.37. The first-order valence-corrected chi connectivity index (χ1v) is 9.87. The third-order valence-corrected chi connectivity index (χ3v) is 6.12. The van der Waals surface area contributed by atoms with Gasteiger partial charge in [0.1, 0.15) is 6.29 Å². The SMILES string of the molecule is CCc1ccc(N(C)c2ccc(B3OC(C)(C)C(C)(C)O3)c(C=O)c2)c(C)c1. The first kappa shape index (κ1) is 20.6. The fourth-order valence-corrected chi connectivity index (χ4v) is 3.51. The summed E-state index contributed by atoms with van der Waals surface area (Å²) in [6, 6.07) is 12.4. The molecule has 0 N–H and O–H groups in total. The van der Waals surface area contributed by atoms with Crippen LogP contribution >= 0.6 is 0 Å². The molecular formula is C23H30BNO3. The second-order valence-corrected chi connectivity index (χ2v) is 8.55. The molecule has 1 heterocycles. The Kier molecular flexibility index (Phi) is 5.43. The predicted octanol–water partition coefficient (Wildman–Crippen LogP) is 4.44. The molecule has 0 aromatic heterocycles. The van der Waals surface area contributed by atoms with Gasteiger partial charge in [-0.15, -0.1) is 0 Å². The molecule has 5 heteroatoms. The van der Waals surface area contributed by atoms with E-state index in [1.807, 2.05) is 52.9 Å². The van der Waals surface area contributed by atoms with Crippen LogP contribution in [0, 0.1) is 6.92 Å². The smallest absolute Gasteiger partial charge is 0.399 e. The largest absolute Gasteiger partial charge is 0.495 e. The lowest BCUT2D eigenvalue weighted by Gasteiger charge is -2.32. The molecule has 4 nitrogen and oxygen atoms in total. The molecule has 1 fully saturated rings. The normalized spacial score (nSPS) is 17.6. The molecular weight excluding hydrogens is 349 g/mol. The summed E-state index contributed by atoms with van der Waals surface area (Å²) in [6.45, 7) is 12.3. The van der Waals surface area contributed by atoms with Crippen LogP contribution in [0.1, 0.15) is 56.1 Å². The molecule has 2 aromatic carbocycles. The molecule has 0 saturated carbocycles. The fraction of sp³-hybridized carbons (Fsp3) is 0.435. The van der Waals surface area contributed by atoms with Crippen molar-refractivity contribution < 1.29 is 14.1 Å². The number of aryl methyl sites for hydroxylation is 2. The molecule has 0 bridgehead atoms. The first-order valence-electron chi connectivity index (χ1n) is 9.87. The van der Waals surface area contributed by atoms with Crippen molar-refractivity contribution >= 4 is 30.2 Å². The fourth-order valence-electron chi connectivity index (χ4n) is 3.51. The Morgan fingerprint density at radius 2 is 1.68 bits per heavy atom. The maximum atomic E-state index is 11.8. The van der Waals surface area contributed by atoms with Gasteiger partial charge in [0.25, 0.3) is 0 Å². The average molecular weight is 379 g/mol. The highest BCUT2D eigenvalue weighted by molar-refractivity contribution is 6.63. The lowest BCUT2D eigenvalue weighted by atomic mass is 9.76. The Hall–Kier alpha value is -2.11. The Balaban J connectivity index is 1.93. The van der Waals surface area contributed by atoms with Crippen LogP contribution in [0.4, 0.5) is 11.4 Å². The van der Waals surface area contributed by atoms with Crippen LogP contribution in [-0.2, 0) is 15.7 Å². The third-order valence-electron chi connectivity index (χ3n) is 6.12. The van der Waals surface area contributed by atoms with Crippen LogP contribution in [-0.4, -0.2) is 31.7 Å². The molecule has 0 atom stereocenters. The number of nitrogens with zero attached hydrogens (tertiary/aromatic N) is 1. The van der Waals surface area contributed by atoms with Crippen LogP contribution in [0.15, 0.2) is 36.4 Å². The molecule has 1 aliphatic rings. The number of hydrogen-bond donors (Lipinski definition) is 0. The van der Waals surface area contributed by atoms with Crippen molar-refractivity contribution in [3.63, 3.8) is 0 Å². The molecule has 0 radical (unpaired) electrons. The number of anilines is 2. The zero-order valence-electron chi connectivity index (χ0n) is 18.0. The summed E-state index contributed by atoms with van der Waals surface area (Å²) in [6.07, 6.45) is 1.90. The van der Waals surface area contributed by atoms with Crippen LogP contribution in [0.5, 0.6) is 0 Å². The number of rotatable bonds is 5. The highest BCUT2D eigenvalue weighted by Gasteiger charge is 2.52. The van der Waals surface area contributed by atoms with E-state index in [-0.39, 0.29) is 0 Å². The molecule has 1 aliphatic heterocycles. The lowest BCUT2D eigenvalue weighted by Crippen LogP contribution is -2.41. The van der Waals surface area contributed by atoms with E-state index in [4.69, 9.17) is 9.31 Å². The van der Waals surface area contributed by atoms with Crippen molar-refractivity contribution in [1.82, 2.24) is 0 Å². The van der Waals surface area contributed by atoms with Gasteiger partial charge in [0.2, 0.25) is 0 Å². The Morgan fingerprint density at radius 1 is 1.04 bits per heavy atom. The van der Waals surface area contributed by atoms with Crippen molar-refractivity contribution in [2.45, 2.75) is 59.2 Å². The molecule has 0 amide bonds. The van der Waals surface area contributed by atoms with Gasteiger partial charge in [0.05, 0.1) is 11.2 Å². The van der Waals surface area contributed by atoms with Gasteiger partial charge in [-0.05, 0) is 75.8 Å². The van der Waals surface area contributed by atoms with Crippen LogP contribution in [0.3, 0.4) is 0 Å².